The Bertz CT molecular complexity index is 456. The Labute approximate surface area is 127 Å². The molecule has 1 aliphatic rings. The van der Waals surface area contributed by atoms with Gasteiger partial charge in [-0.1, -0.05) is 0 Å². The summed E-state index contributed by atoms with van der Waals surface area (Å²) in [5, 5.41) is 6.44. The fourth-order valence-corrected chi connectivity index (χ4v) is 2.79. The quantitative estimate of drug-likeness (QED) is 0.875. The second-order valence-corrected chi connectivity index (χ2v) is 6.07. The number of rotatable bonds is 5. The van der Waals surface area contributed by atoms with Gasteiger partial charge in [0, 0.05) is 30.4 Å². The van der Waals surface area contributed by atoms with Crippen LogP contribution in [0.25, 0.3) is 0 Å². The fraction of sp³-hybridized carbons (Fsp3) is 0.588. The highest BCUT2D eigenvalue weighted by atomic mass is 16.5. The zero-order valence-electron chi connectivity index (χ0n) is 13.2. The average molecular weight is 290 g/mol. The third-order valence-corrected chi connectivity index (χ3v) is 3.90. The highest BCUT2D eigenvalue weighted by Crippen LogP contribution is 2.24. The Balaban J connectivity index is 1.91. The number of benzene rings is 1. The van der Waals surface area contributed by atoms with Crippen LogP contribution in [0.3, 0.4) is 0 Å². The van der Waals surface area contributed by atoms with E-state index in [0.717, 1.165) is 18.5 Å². The van der Waals surface area contributed by atoms with E-state index < -0.39 is 0 Å². The normalized spacial score (nSPS) is 22.1. The number of nitrogens with one attached hydrogen (secondary N) is 2. The van der Waals surface area contributed by atoms with Crippen LogP contribution in [0.4, 0.5) is 5.69 Å². The highest BCUT2D eigenvalue weighted by Gasteiger charge is 2.21. The number of methoxy groups -OCH3 is 1. The van der Waals surface area contributed by atoms with Crippen molar-refractivity contribution in [3.8, 4) is 0 Å². The van der Waals surface area contributed by atoms with Crippen molar-refractivity contribution < 1.29 is 9.53 Å². The van der Waals surface area contributed by atoms with Gasteiger partial charge in [-0.05, 0) is 63.8 Å². The van der Waals surface area contributed by atoms with Gasteiger partial charge in [0.1, 0.15) is 0 Å². The molecule has 0 heterocycles. The van der Waals surface area contributed by atoms with Crippen LogP contribution in [0.15, 0.2) is 24.3 Å². The van der Waals surface area contributed by atoms with E-state index >= 15 is 0 Å². The molecule has 0 aromatic heterocycles. The molecule has 4 nitrogen and oxygen atoms in total. The Morgan fingerprint density at radius 1 is 1.24 bits per heavy atom. The number of carbonyl (C=O) groups is 1. The summed E-state index contributed by atoms with van der Waals surface area (Å²) < 4.78 is 5.45. The van der Waals surface area contributed by atoms with E-state index in [-0.39, 0.29) is 11.9 Å². The van der Waals surface area contributed by atoms with Crippen molar-refractivity contribution in [1.82, 2.24) is 5.32 Å². The molecule has 0 spiro atoms. The average Bonchev–Trinajstić information content (AvgIpc) is 2.47. The summed E-state index contributed by atoms with van der Waals surface area (Å²) in [6.45, 7) is 3.92. The molecule has 0 radical (unpaired) electrons. The Morgan fingerprint density at radius 3 is 2.57 bits per heavy atom. The summed E-state index contributed by atoms with van der Waals surface area (Å²) in [5.41, 5.74) is 1.77. The van der Waals surface area contributed by atoms with E-state index in [1.54, 1.807) is 7.11 Å². The van der Waals surface area contributed by atoms with Gasteiger partial charge >= 0.3 is 0 Å². The van der Waals surface area contributed by atoms with E-state index in [1.165, 1.54) is 12.8 Å². The summed E-state index contributed by atoms with van der Waals surface area (Å²) in [6.07, 6.45) is 4.95. The second kappa shape index (κ2) is 7.46. The zero-order chi connectivity index (χ0) is 15.2. The summed E-state index contributed by atoms with van der Waals surface area (Å²) in [4.78, 5) is 11.9. The first-order valence-corrected chi connectivity index (χ1v) is 7.78. The Morgan fingerprint density at radius 2 is 1.95 bits per heavy atom. The number of hydrogen-bond donors (Lipinski definition) is 2. The molecular weight excluding hydrogens is 264 g/mol. The maximum Gasteiger partial charge on any atom is 0.251 e. The molecule has 4 heteroatoms. The van der Waals surface area contributed by atoms with Crippen molar-refractivity contribution in [3.63, 3.8) is 0 Å². The smallest absolute Gasteiger partial charge is 0.251 e. The lowest BCUT2D eigenvalue weighted by atomic mass is 9.92. The second-order valence-electron chi connectivity index (χ2n) is 6.07. The van der Waals surface area contributed by atoms with E-state index in [0.29, 0.717) is 17.7 Å². The van der Waals surface area contributed by atoms with Gasteiger partial charge in [0.05, 0.1) is 6.10 Å². The zero-order valence-corrected chi connectivity index (χ0v) is 13.2. The summed E-state index contributed by atoms with van der Waals surface area (Å²) in [6, 6.07) is 8.31. The van der Waals surface area contributed by atoms with Crippen LogP contribution in [-0.4, -0.2) is 31.2 Å². The van der Waals surface area contributed by atoms with Crippen molar-refractivity contribution in [3.05, 3.63) is 29.8 Å². The first-order chi connectivity index (χ1) is 10.1. The SMILES string of the molecule is COC1CCCC(Nc2ccc(C(=O)NC(C)C)cc2)C1. The minimum Gasteiger partial charge on any atom is -0.382 e. The lowest BCUT2D eigenvalue weighted by molar-refractivity contribution is 0.0669. The molecule has 116 valence electrons. The maximum atomic E-state index is 11.9. The molecule has 1 aromatic rings. The summed E-state index contributed by atoms with van der Waals surface area (Å²) in [7, 11) is 1.79. The van der Waals surface area contributed by atoms with Crippen LogP contribution in [0, 0.1) is 0 Å². The molecular formula is C17H26N2O2. The van der Waals surface area contributed by atoms with Gasteiger partial charge < -0.3 is 15.4 Å². The van der Waals surface area contributed by atoms with Crippen molar-refractivity contribution in [2.24, 2.45) is 0 Å². The molecule has 1 aliphatic carbocycles. The number of hydrogen-bond acceptors (Lipinski definition) is 3. The minimum atomic E-state index is -0.0198. The number of amides is 1. The summed E-state index contributed by atoms with van der Waals surface area (Å²) >= 11 is 0. The Hall–Kier alpha value is -1.55. The first kappa shape index (κ1) is 15.8. The molecule has 1 fully saturated rings. The number of ether oxygens (including phenoxy) is 1. The molecule has 21 heavy (non-hydrogen) atoms. The standard InChI is InChI=1S/C17H26N2O2/c1-12(2)18-17(20)13-7-9-14(10-8-13)19-15-5-4-6-16(11-15)21-3/h7-10,12,15-16,19H,4-6,11H2,1-3H3,(H,18,20). The van der Waals surface area contributed by atoms with Gasteiger partial charge in [-0.3, -0.25) is 4.79 Å². The van der Waals surface area contributed by atoms with Gasteiger partial charge in [-0.15, -0.1) is 0 Å². The molecule has 0 bridgehead atoms. The first-order valence-electron chi connectivity index (χ1n) is 7.78. The van der Waals surface area contributed by atoms with Gasteiger partial charge in [0.15, 0.2) is 0 Å². The molecule has 2 atom stereocenters. The lowest BCUT2D eigenvalue weighted by Crippen LogP contribution is -2.31. The fourth-order valence-electron chi connectivity index (χ4n) is 2.79. The maximum absolute atomic E-state index is 11.9. The van der Waals surface area contributed by atoms with Gasteiger partial charge in [-0.25, -0.2) is 0 Å². The number of carbonyl (C=O) groups excluding carboxylic acids is 1. The molecule has 1 saturated carbocycles. The van der Waals surface area contributed by atoms with E-state index in [4.69, 9.17) is 4.74 Å². The van der Waals surface area contributed by atoms with Gasteiger partial charge in [-0.2, -0.15) is 0 Å². The van der Waals surface area contributed by atoms with Crippen molar-refractivity contribution in [2.45, 2.75) is 57.7 Å². The van der Waals surface area contributed by atoms with Crippen LogP contribution in [0.2, 0.25) is 0 Å². The molecule has 2 N–H and O–H groups in total. The van der Waals surface area contributed by atoms with Crippen LogP contribution in [0.1, 0.15) is 49.9 Å². The molecule has 0 saturated heterocycles. The molecule has 1 aromatic carbocycles. The van der Waals surface area contributed by atoms with Crippen molar-refractivity contribution >= 4 is 11.6 Å². The van der Waals surface area contributed by atoms with E-state index in [9.17, 15) is 4.79 Å². The third-order valence-electron chi connectivity index (χ3n) is 3.90. The topological polar surface area (TPSA) is 50.4 Å². The van der Waals surface area contributed by atoms with Crippen LogP contribution < -0.4 is 10.6 Å². The third kappa shape index (κ3) is 4.74. The highest BCUT2D eigenvalue weighted by molar-refractivity contribution is 5.94. The largest absolute Gasteiger partial charge is 0.382 e. The van der Waals surface area contributed by atoms with Gasteiger partial charge in [0.25, 0.3) is 5.91 Å². The molecule has 1 amide bonds. The van der Waals surface area contributed by atoms with Crippen molar-refractivity contribution in [1.29, 1.82) is 0 Å². The van der Waals surface area contributed by atoms with E-state index in [1.807, 2.05) is 38.1 Å². The molecule has 0 aliphatic heterocycles. The minimum absolute atomic E-state index is 0.0198. The van der Waals surface area contributed by atoms with E-state index in [2.05, 4.69) is 10.6 Å². The summed E-state index contributed by atoms with van der Waals surface area (Å²) in [5.74, 6) is -0.0198. The lowest BCUT2D eigenvalue weighted by Gasteiger charge is -2.29. The van der Waals surface area contributed by atoms with Crippen LogP contribution >= 0.6 is 0 Å². The molecule has 2 rings (SSSR count). The van der Waals surface area contributed by atoms with Crippen LogP contribution in [0.5, 0.6) is 0 Å². The number of anilines is 1. The van der Waals surface area contributed by atoms with Crippen LogP contribution in [-0.2, 0) is 4.74 Å². The molecule has 2 unspecified atom stereocenters. The predicted molar refractivity (Wildman–Crippen MR) is 85.7 cm³/mol. The monoisotopic (exact) mass is 290 g/mol. The Kier molecular flexibility index (Phi) is 5.62. The van der Waals surface area contributed by atoms with Crippen molar-refractivity contribution in [2.75, 3.05) is 12.4 Å². The van der Waals surface area contributed by atoms with Gasteiger partial charge in [0.2, 0.25) is 0 Å². The predicted octanol–water partition coefficient (Wildman–Crippen LogP) is 3.19.